The molecule has 0 bridgehead atoms. The fraction of sp³-hybridized carbons (Fsp3) is 0.235. The fourth-order valence-electron chi connectivity index (χ4n) is 2.24. The van der Waals surface area contributed by atoms with Crippen LogP contribution in [0, 0.1) is 5.82 Å². The number of para-hydroxylation sites is 1. The molecule has 0 atom stereocenters. The number of carbonyl (C=O) groups excluding carboxylic acids is 1. The molecular formula is C17H18FNO3S. The molecule has 0 aromatic heterocycles. The molecule has 0 radical (unpaired) electrons. The van der Waals surface area contributed by atoms with E-state index in [4.69, 9.17) is 0 Å². The second-order valence-electron chi connectivity index (χ2n) is 5.18. The Morgan fingerprint density at radius 1 is 1.04 bits per heavy atom. The average molecular weight is 335 g/mol. The lowest BCUT2D eigenvalue weighted by atomic mass is 10.1. The summed E-state index contributed by atoms with van der Waals surface area (Å²) in [6.45, 7) is 1.94. The Morgan fingerprint density at radius 2 is 1.65 bits per heavy atom. The van der Waals surface area contributed by atoms with Gasteiger partial charge in [0.05, 0.1) is 5.75 Å². The molecule has 0 saturated heterocycles. The molecule has 23 heavy (non-hydrogen) atoms. The summed E-state index contributed by atoms with van der Waals surface area (Å²) < 4.78 is 37.7. The van der Waals surface area contributed by atoms with E-state index in [-0.39, 0.29) is 5.56 Å². The van der Waals surface area contributed by atoms with E-state index < -0.39 is 33.1 Å². The van der Waals surface area contributed by atoms with Crippen LogP contribution in [0.5, 0.6) is 0 Å². The molecule has 0 aliphatic rings. The van der Waals surface area contributed by atoms with Crippen LogP contribution in [0.2, 0.25) is 0 Å². The molecule has 2 aromatic carbocycles. The van der Waals surface area contributed by atoms with Gasteiger partial charge in [-0.15, -0.1) is 0 Å². The minimum atomic E-state index is -3.75. The number of anilines is 1. The molecular weight excluding hydrogens is 317 g/mol. The summed E-state index contributed by atoms with van der Waals surface area (Å²) >= 11 is 0. The zero-order valence-electron chi connectivity index (χ0n) is 12.8. The molecule has 0 unspecified atom stereocenters. The third-order valence-corrected chi connectivity index (χ3v) is 4.81. The van der Waals surface area contributed by atoms with Gasteiger partial charge in [0.2, 0.25) is 5.91 Å². The van der Waals surface area contributed by atoms with Crippen molar-refractivity contribution >= 4 is 21.4 Å². The number of sulfone groups is 1. The van der Waals surface area contributed by atoms with Crippen molar-refractivity contribution in [2.75, 3.05) is 11.1 Å². The smallest absolute Gasteiger partial charge is 0.239 e. The van der Waals surface area contributed by atoms with Crippen molar-refractivity contribution in [2.24, 2.45) is 0 Å². The maximum atomic E-state index is 13.5. The number of benzene rings is 2. The Bertz CT molecular complexity index is 803. The molecule has 4 nitrogen and oxygen atoms in total. The first-order valence-electron chi connectivity index (χ1n) is 7.23. The van der Waals surface area contributed by atoms with Crippen molar-refractivity contribution in [1.82, 2.24) is 0 Å². The summed E-state index contributed by atoms with van der Waals surface area (Å²) in [5.41, 5.74) is 1.59. The van der Waals surface area contributed by atoms with E-state index in [9.17, 15) is 17.6 Å². The lowest BCUT2D eigenvalue weighted by Gasteiger charge is -2.10. The molecule has 122 valence electrons. The van der Waals surface area contributed by atoms with Gasteiger partial charge in [0, 0.05) is 11.3 Å². The SMILES string of the molecule is CCc1ccccc1NC(=O)CS(=O)(=O)Cc1ccccc1F. The lowest BCUT2D eigenvalue weighted by Crippen LogP contribution is -2.24. The zero-order valence-corrected chi connectivity index (χ0v) is 13.6. The third kappa shape index (κ3) is 4.89. The number of aryl methyl sites for hydroxylation is 1. The molecule has 0 heterocycles. The highest BCUT2D eigenvalue weighted by Gasteiger charge is 2.19. The minimum Gasteiger partial charge on any atom is -0.325 e. The monoisotopic (exact) mass is 335 g/mol. The van der Waals surface area contributed by atoms with Crippen LogP contribution < -0.4 is 5.32 Å². The van der Waals surface area contributed by atoms with Crippen LogP contribution in [-0.4, -0.2) is 20.1 Å². The first-order valence-corrected chi connectivity index (χ1v) is 9.05. The first kappa shape index (κ1) is 17.1. The highest BCUT2D eigenvalue weighted by Crippen LogP contribution is 2.16. The molecule has 1 amide bonds. The summed E-state index contributed by atoms with van der Waals surface area (Å²) in [5, 5.41) is 2.61. The predicted octanol–water partition coefficient (Wildman–Crippen LogP) is 2.94. The van der Waals surface area contributed by atoms with Crippen molar-refractivity contribution < 1.29 is 17.6 Å². The predicted molar refractivity (Wildman–Crippen MR) is 88.3 cm³/mol. The van der Waals surface area contributed by atoms with Crippen molar-refractivity contribution in [1.29, 1.82) is 0 Å². The molecule has 0 saturated carbocycles. The largest absolute Gasteiger partial charge is 0.325 e. The highest BCUT2D eigenvalue weighted by atomic mass is 32.2. The number of halogens is 1. The van der Waals surface area contributed by atoms with E-state index >= 15 is 0 Å². The molecule has 0 aliphatic heterocycles. The van der Waals surface area contributed by atoms with Gasteiger partial charge in [0.1, 0.15) is 11.6 Å². The molecule has 0 fully saturated rings. The first-order chi connectivity index (χ1) is 10.9. The summed E-state index contributed by atoms with van der Waals surface area (Å²) in [5.74, 6) is -2.39. The van der Waals surface area contributed by atoms with Crippen LogP contribution in [0.4, 0.5) is 10.1 Å². The lowest BCUT2D eigenvalue weighted by molar-refractivity contribution is -0.113. The summed E-state index contributed by atoms with van der Waals surface area (Å²) in [4.78, 5) is 12.0. The van der Waals surface area contributed by atoms with Crippen LogP contribution in [0.25, 0.3) is 0 Å². The average Bonchev–Trinajstić information content (AvgIpc) is 2.49. The van der Waals surface area contributed by atoms with Gasteiger partial charge in [0.15, 0.2) is 9.84 Å². The van der Waals surface area contributed by atoms with Gasteiger partial charge in [-0.1, -0.05) is 43.3 Å². The minimum absolute atomic E-state index is 0.0641. The van der Waals surface area contributed by atoms with Gasteiger partial charge in [-0.2, -0.15) is 0 Å². The summed E-state index contributed by atoms with van der Waals surface area (Å²) in [6.07, 6.45) is 0.721. The van der Waals surface area contributed by atoms with Crippen molar-refractivity contribution in [3.05, 3.63) is 65.5 Å². The van der Waals surface area contributed by atoms with Crippen LogP contribution in [-0.2, 0) is 26.8 Å². The molecule has 0 spiro atoms. The Morgan fingerprint density at radius 3 is 2.30 bits per heavy atom. The zero-order chi connectivity index (χ0) is 16.9. The van der Waals surface area contributed by atoms with E-state index in [0.717, 1.165) is 12.0 Å². The number of hydrogen-bond donors (Lipinski definition) is 1. The number of rotatable bonds is 6. The van der Waals surface area contributed by atoms with Gasteiger partial charge in [-0.25, -0.2) is 12.8 Å². The molecule has 2 rings (SSSR count). The fourth-order valence-corrected chi connectivity index (χ4v) is 3.52. The molecule has 6 heteroatoms. The Hall–Kier alpha value is -2.21. The van der Waals surface area contributed by atoms with Gasteiger partial charge in [0.25, 0.3) is 0 Å². The normalized spacial score (nSPS) is 11.2. The van der Waals surface area contributed by atoms with Crippen molar-refractivity contribution in [2.45, 2.75) is 19.1 Å². The Kier molecular flexibility index (Phi) is 5.50. The van der Waals surface area contributed by atoms with Gasteiger partial charge >= 0.3 is 0 Å². The second kappa shape index (κ2) is 7.37. The maximum Gasteiger partial charge on any atom is 0.239 e. The third-order valence-electron chi connectivity index (χ3n) is 3.36. The van der Waals surface area contributed by atoms with E-state index in [2.05, 4.69) is 5.32 Å². The number of hydrogen-bond acceptors (Lipinski definition) is 3. The van der Waals surface area contributed by atoms with Crippen molar-refractivity contribution in [3.63, 3.8) is 0 Å². The van der Waals surface area contributed by atoms with Crippen LogP contribution in [0.1, 0.15) is 18.1 Å². The van der Waals surface area contributed by atoms with Crippen LogP contribution in [0.15, 0.2) is 48.5 Å². The van der Waals surface area contributed by atoms with Crippen molar-refractivity contribution in [3.8, 4) is 0 Å². The number of amides is 1. The summed E-state index contributed by atoms with van der Waals surface area (Å²) in [7, 11) is -3.75. The second-order valence-corrected chi connectivity index (χ2v) is 7.25. The summed E-state index contributed by atoms with van der Waals surface area (Å²) in [6, 6.07) is 12.8. The number of nitrogens with one attached hydrogen (secondary N) is 1. The Labute approximate surface area is 135 Å². The van der Waals surface area contributed by atoms with Gasteiger partial charge in [-0.05, 0) is 24.1 Å². The van der Waals surface area contributed by atoms with E-state index in [1.165, 1.54) is 18.2 Å². The van der Waals surface area contributed by atoms with E-state index in [0.29, 0.717) is 5.69 Å². The van der Waals surface area contributed by atoms with E-state index in [1.807, 2.05) is 19.1 Å². The standard InChI is InChI=1S/C17H18FNO3S/c1-2-13-7-4-6-10-16(13)19-17(20)12-23(21,22)11-14-8-3-5-9-15(14)18/h3-10H,2,11-12H2,1H3,(H,19,20). The Balaban J connectivity index is 2.05. The van der Waals surface area contributed by atoms with Crippen LogP contribution in [0.3, 0.4) is 0 Å². The topological polar surface area (TPSA) is 63.2 Å². The maximum absolute atomic E-state index is 13.5. The quantitative estimate of drug-likeness (QED) is 0.883. The van der Waals surface area contributed by atoms with Gasteiger partial charge < -0.3 is 5.32 Å². The van der Waals surface area contributed by atoms with Gasteiger partial charge in [-0.3, -0.25) is 4.79 Å². The molecule has 2 aromatic rings. The number of carbonyl (C=O) groups is 1. The molecule has 1 N–H and O–H groups in total. The van der Waals surface area contributed by atoms with Crippen LogP contribution >= 0.6 is 0 Å². The highest BCUT2D eigenvalue weighted by molar-refractivity contribution is 7.91. The van der Waals surface area contributed by atoms with E-state index in [1.54, 1.807) is 18.2 Å². The molecule has 0 aliphatic carbocycles.